The van der Waals surface area contributed by atoms with Gasteiger partial charge in [-0.1, -0.05) is 6.92 Å². The second-order valence-electron chi connectivity index (χ2n) is 7.23. The minimum absolute atomic E-state index is 0.0883. The van der Waals surface area contributed by atoms with Gasteiger partial charge in [0.25, 0.3) is 5.91 Å². The summed E-state index contributed by atoms with van der Waals surface area (Å²) in [6, 6.07) is 6.75. The van der Waals surface area contributed by atoms with Gasteiger partial charge in [-0.3, -0.25) is 9.59 Å². The summed E-state index contributed by atoms with van der Waals surface area (Å²) in [5.74, 6) is 2.19. The van der Waals surface area contributed by atoms with Gasteiger partial charge in [-0.25, -0.2) is 0 Å². The molecule has 2 amide bonds. The maximum atomic E-state index is 12.5. The van der Waals surface area contributed by atoms with Crippen molar-refractivity contribution in [2.75, 3.05) is 24.8 Å². The molecule has 26 heavy (non-hydrogen) atoms. The zero-order valence-electron chi connectivity index (χ0n) is 15.9. The molecule has 144 valence electrons. The van der Waals surface area contributed by atoms with Crippen molar-refractivity contribution in [3.63, 3.8) is 0 Å². The molecule has 0 saturated carbocycles. The first kappa shape index (κ1) is 20.4. The van der Waals surface area contributed by atoms with Crippen LogP contribution in [0.5, 0.6) is 11.5 Å². The Hall–Kier alpha value is -1.89. The Labute approximate surface area is 159 Å². The van der Waals surface area contributed by atoms with Gasteiger partial charge < -0.3 is 19.7 Å². The Morgan fingerprint density at radius 2 is 1.81 bits per heavy atom. The lowest BCUT2D eigenvalue weighted by atomic mass is 10.1. The highest BCUT2D eigenvalue weighted by atomic mass is 32.2. The van der Waals surface area contributed by atoms with Gasteiger partial charge >= 0.3 is 0 Å². The van der Waals surface area contributed by atoms with Gasteiger partial charge in [-0.05, 0) is 51.5 Å². The van der Waals surface area contributed by atoms with Crippen LogP contribution in [-0.4, -0.2) is 53.1 Å². The molecule has 1 aliphatic rings. The highest BCUT2D eigenvalue weighted by molar-refractivity contribution is 7.99. The first-order valence-corrected chi connectivity index (χ1v) is 10.0. The second-order valence-corrected chi connectivity index (χ2v) is 8.23. The number of carbonyl (C=O) groups is 2. The third-order valence-electron chi connectivity index (χ3n) is 3.66. The highest BCUT2D eigenvalue weighted by Crippen LogP contribution is 2.23. The van der Waals surface area contributed by atoms with Gasteiger partial charge in [0, 0.05) is 11.3 Å². The predicted molar refractivity (Wildman–Crippen MR) is 104 cm³/mol. The van der Waals surface area contributed by atoms with Crippen LogP contribution in [0.4, 0.5) is 0 Å². The topological polar surface area (TPSA) is 67.9 Å². The molecular weight excluding hydrogens is 352 g/mol. The summed E-state index contributed by atoms with van der Waals surface area (Å²) < 4.78 is 11.1. The molecule has 1 N–H and O–H groups in total. The van der Waals surface area contributed by atoms with Crippen LogP contribution in [0.3, 0.4) is 0 Å². The van der Waals surface area contributed by atoms with E-state index in [9.17, 15) is 9.59 Å². The third kappa shape index (κ3) is 6.12. The second kappa shape index (κ2) is 9.16. The van der Waals surface area contributed by atoms with Crippen molar-refractivity contribution in [1.82, 2.24) is 10.2 Å². The Bertz CT molecular complexity index is 613. The molecule has 0 radical (unpaired) electrons. The quantitative estimate of drug-likeness (QED) is 0.788. The standard InChI is InChI=1S/C19H28N2O4S/c1-5-10-24-14-6-8-15(9-7-14)25-11-17(22)21-13-26-12-16(21)18(23)20-19(2,3)4/h6-9,16H,5,10-13H2,1-4H3,(H,20,23). The van der Waals surface area contributed by atoms with Crippen LogP contribution in [0, 0.1) is 0 Å². The number of thioether (sulfide) groups is 1. The van der Waals surface area contributed by atoms with Crippen molar-refractivity contribution in [2.24, 2.45) is 0 Å². The average molecular weight is 381 g/mol. The number of nitrogens with zero attached hydrogens (tertiary/aromatic N) is 1. The fourth-order valence-corrected chi connectivity index (χ4v) is 3.62. The fraction of sp³-hybridized carbons (Fsp3) is 0.579. The lowest BCUT2D eigenvalue weighted by molar-refractivity contribution is -0.140. The van der Waals surface area contributed by atoms with E-state index < -0.39 is 6.04 Å². The zero-order chi connectivity index (χ0) is 19.2. The molecule has 0 spiro atoms. The molecule has 1 heterocycles. The molecule has 1 fully saturated rings. The summed E-state index contributed by atoms with van der Waals surface area (Å²) in [5, 5.41) is 2.94. The molecule has 0 aliphatic carbocycles. The van der Waals surface area contributed by atoms with E-state index in [4.69, 9.17) is 9.47 Å². The number of benzene rings is 1. The van der Waals surface area contributed by atoms with E-state index in [1.54, 1.807) is 28.8 Å². The van der Waals surface area contributed by atoms with Crippen molar-refractivity contribution < 1.29 is 19.1 Å². The van der Waals surface area contributed by atoms with Crippen LogP contribution in [0.15, 0.2) is 24.3 Å². The molecule has 1 aromatic carbocycles. The van der Waals surface area contributed by atoms with Gasteiger partial charge in [-0.15, -0.1) is 11.8 Å². The third-order valence-corrected chi connectivity index (χ3v) is 4.67. The normalized spacial score (nSPS) is 17.1. The van der Waals surface area contributed by atoms with E-state index in [1.165, 1.54) is 0 Å². The molecule has 1 saturated heterocycles. The number of ether oxygens (including phenoxy) is 2. The molecule has 7 heteroatoms. The molecule has 2 rings (SSSR count). The van der Waals surface area contributed by atoms with E-state index in [-0.39, 0.29) is 24.0 Å². The number of hydrogen-bond acceptors (Lipinski definition) is 5. The van der Waals surface area contributed by atoms with E-state index in [2.05, 4.69) is 12.2 Å². The van der Waals surface area contributed by atoms with Crippen molar-refractivity contribution in [3.8, 4) is 11.5 Å². The van der Waals surface area contributed by atoms with E-state index in [1.807, 2.05) is 32.9 Å². The molecule has 1 unspecified atom stereocenters. The Kier molecular flexibility index (Phi) is 7.20. The summed E-state index contributed by atoms with van der Waals surface area (Å²) in [6.07, 6.45) is 0.949. The van der Waals surface area contributed by atoms with Crippen molar-refractivity contribution in [3.05, 3.63) is 24.3 Å². The predicted octanol–water partition coefficient (Wildman–Crippen LogP) is 2.67. The monoisotopic (exact) mass is 380 g/mol. The van der Waals surface area contributed by atoms with Crippen LogP contribution < -0.4 is 14.8 Å². The Morgan fingerprint density at radius 1 is 1.19 bits per heavy atom. The van der Waals surface area contributed by atoms with Crippen LogP contribution in [0.25, 0.3) is 0 Å². The first-order valence-electron chi connectivity index (χ1n) is 8.85. The number of carbonyl (C=O) groups excluding carboxylic acids is 2. The fourth-order valence-electron chi connectivity index (χ4n) is 2.44. The molecule has 1 aliphatic heterocycles. The highest BCUT2D eigenvalue weighted by Gasteiger charge is 2.35. The lowest BCUT2D eigenvalue weighted by Crippen LogP contribution is -2.53. The minimum Gasteiger partial charge on any atom is -0.494 e. The SMILES string of the molecule is CCCOc1ccc(OCC(=O)N2CSCC2C(=O)NC(C)(C)C)cc1. The number of rotatable bonds is 7. The summed E-state index contributed by atoms with van der Waals surface area (Å²) in [5.41, 5.74) is -0.322. The summed E-state index contributed by atoms with van der Waals surface area (Å²) in [6.45, 7) is 8.41. The van der Waals surface area contributed by atoms with Crippen molar-refractivity contribution in [1.29, 1.82) is 0 Å². The molecule has 1 atom stereocenters. The number of hydrogen-bond donors (Lipinski definition) is 1. The van der Waals surface area contributed by atoms with Gasteiger partial charge in [0.1, 0.15) is 17.5 Å². The van der Waals surface area contributed by atoms with Crippen LogP contribution in [0.2, 0.25) is 0 Å². The number of amides is 2. The van der Waals surface area contributed by atoms with E-state index in [0.717, 1.165) is 12.2 Å². The van der Waals surface area contributed by atoms with Crippen LogP contribution in [-0.2, 0) is 9.59 Å². The summed E-state index contributed by atoms with van der Waals surface area (Å²) in [7, 11) is 0. The molecule has 0 aromatic heterocycles. The van der Waals surface area contributed by atoms with Crippen LogP contribution in [0.1, 0.15) is 34.1 Å². The molecular formula is C19H28N2O4S. The summed E-state index contributed by atoms with van der Waals surface area (Å²) in [4.78, 5) is 26.5. The maximum Gasteiger partial charge on any atom is 0.261 e. The van der Waals surface area contributed by atoms with Crippen molar-refractivity contribution in [2.45, 2.75) is 45.7 Å². The van der Waals surface area contributed by atoms with E-state index in [0.29, 0.717) is 24.0 Å². The number of nitrogens with one attached hydrogen (secondary N) is 1. The average Bonchev–Trinajstić information content (AvgIpc) is 3.07. The smallest absolute Gasteiger partial charge is 0.261 e. The van der Waals surface area contributed by atoms with Gasteiger partial charge in [0.2, 0.25) is 5.91 Å². The van der Waals surface area contributed by atoms with Gasteiger partial charge in [-0.2, -0.15) is 0 Å². The maximum absolute atomic E-state index is 12.5. The van der Waals surface area contributed by atoms with Gasteiger partial charge in [0.05, 0.1) is 12.5 Å². The zero-order valence-corrected chi connectivity index (χ0v) is 16.7. The Balaban J connectivity index is 1.87. The first-order chi connectivity index (χ1) is 12.3. The molecule has 0 bridgehead atoms. The Morgan fingerprint density at radius 3 is 2.38 bits per heavy atom. The molecule has 1 aromatic rings. The van der Waals surface area contributed by atoms with Gasteiger partial charge in [0.15, 0.2) is 6.61 Å². The largest absolute Gasteiger partial charge is 0.494 e. The lowest BCUT2D eigenvalue weighted by Gasteiger charge is -2.27. The minimum atomic E-state index is -0.444. The van der Waals surface area contributed by atoms with Crippen molar-refractivity contribution >= 4 is 23.6 Å². The summed E-state index contributed by atoms with van der Waals surface area (Å²) >= 11 is 1.58. The molecule has 6 nitrogen and oxygen atoms in total. The van der Waals surface area contributed by atoms with Crippen LogP contribution >= 0.6 is 11.8 Å². The van der Waals surface area contributed by atoms with E-state index >= 15 is 0 Å².